The number of imidazole rings is 1. The Kier molecular flexibility index (Phi) is 7.24. The second kappa shape index (κ2) is 10.1. The number of aryl methyl sites for hydroxylation is 2. The molecule has 0 unspecified atom stereocenters. The summed E-state index contributed by atoms with van der Waals surface area (Å²) < 4.78 is 18.2. The van der Waals surface area contributed by atoms with E-state index in [1.807, 2.05) is 54.2 Å². The maximum absolute atomic E-state index is 12.6. The molecule has 0 aliphatic rings. The van der Waals surface area contributed by atoms with Crippen LogP contribution < -0.4 is 19.5 Å². The van der Waals surface area contributed by atoms with Crippen LogP contribution in [0.5, 0.6) is 17.2 Å². The lowest BCUT2D eigenvalue weighted by molar-refractivity contribution is -0.116. The molecule has 158 valence electrons. The molecule has 30 heavy (non-hydrogen) atoms. The summed E-state index contributed by atoms with van der Waals surface area (Å²) in [5, 5.41) is 3.86. The first-order valence-electron chi connectivity index (χ1n) is 9.39. The summed E-state index contributed by atoms with van der Waals surface area (Å²) in [6.07, 6.45) is 4.44. The van der Waals surface area contributed by atoms with Crippen molar-refractivity contribution in [3.8, 4) is 17.2 Å². The number of hydrogen-bond donors (Lipinski definition) is 1. The first-order chi connectivity index (χ1) is 14.6. The number of amides is 1. The van der Waals surface area contributed by atoms with Crippen molar-refractivity contribution in [2.24, 2.45) is 7.05 Å². The van der Waals surface area contributed by atoms with Crippen molar-refractivity contribution in [1.82, 2.24) is 9.55 Å². The third-order valence-corrected chi connectivity index (χ3v) is 5.70. The highest BCUT2D eigenvalue weighted by molar-refractivity contribution is 7.99. The Morgan fingerprint density at radius 2 is 1.83 bits per heavy atom. The van der Waals surface area contributed by atoms with E-state index in [9.17, 15) is 4.79 Å². The molecule has 0 radical (unpaired) electrons. The molecule has 0 fully saturated rings. The van der Waals surface area contributed by atoms with E-state index in [1.165, 1.54) is 11.8 Å². The van der Waals surface area contributed by atoms with Crippen LogP contribution in [0.2, 0.25) is 0 Å². The second-order valence-electron chi connectivity index (χ2n) is 6.46. The molecular weight excluding hydrogens is 402 g/mol. The summed E-state index contributed by atoms with van der Waals surface area (Å²) in [6.45, 7) is 0. The highest BCUT2D eigenvalue weighted by atomic mass is 32.2. The predicted octanol–water partition coefficient (Wildman–Crippen LogP) is 4.17. The number of aromatic nitrogens is 2. The molecule has 1 amide bonds. The van der Waals surface area contributed by atoms with Gasteiger partial charge in [-0.05, 0) is 41.9 Å². The Balaban J connectivity index is 1.70. The number of anilines is 1. The molecule has 1 aromatic heterocycles. The number of ether oxygens (including phenoxy) is 3. The zero-order valence-corrected chi connectivity index (χ0v) is 18.3. The van der Waals surface area contributed by atoms with Gasteiger partial charge in [0.1, 0.15) is 0 Å². The van der Waals surface area contributed by atoms with E-state index in [2.05, 4.69) is 10.3 Å². The molecule has 7 nitrogen and oxygen atoms in total. The standard InChI is InChI=1S/C22H25N3O4S/c1-25-14-13-23-22(25)30-18-8-6-5-7-16(18)24-19(26)12-10-15-9-11-17(27-2)21(29-4)20(15)28-3/h5-9,11,13-14H,10,12H2,1-4H3,(H,24,26). The summed E-state index contributed by atoms with van der Waals surface area (Å²) in [5.41, 5.74) is 1.63. The van der Waals surface area contributed by atoms with Crippen molar-refractivity contribution >= 4 is 23.4 Å². The maximum Gasteiger partial charge on any atom is 0.224 e. The number of nitrogens with one attached hydrogen (secondary N) is 1. The fourth-order valence-electron chi connectivity index (χ4n) is 3.03. The van der Waals surface area contributed by atoms with E-state index >= 15 is 0 Å². The Morgan fingerprint density at radius 3 is 2.50 bits per heavy atom. The number of hydrogen-bond acceptors (Lipinski definition) is 6. The molecule has 0 saturated carbocycles. The Hall–Kier alpha value is -3.13. The Morgan fingerprint density at radius 1 is 1.07 bits per heavy atom. The second-order valence-corrected chi connectivity index (χ2v) is 7.47. The summed E-state index contributed by atoms with van der Waals surface area (Å²) in [4.78, 5) is 17.9. The first-order valence-corrected chi connectivity index (χ1v) is 10.2. The Labute approximate surface area is 180 Å². The van der Waals surface area contributed by atoms with Crippen molar-refractivity contribution < 1.29 is 19.0 Å². The molecule has 0 aliphatic carbocycles. The lowest BCUT2D eigenvalue weighted by Gasteiger charge is -2.16. The lowest BCUT2D eigenvalue weighted by Crippen LogP contribution is -2.13. The number of para-hydroxylation sites is 1. The van der Waals surface area contributed by atoms with Crippen molar-refractivity contribution in [3.63, 3.8) is 0 Å². The molecule has 0 saturated heterocycles. The van der Waals surface area contributed by atoms with E-state index in [1.54, 1.807) is 27.5 Å². The summed E-state index contributed by atoms with van der Waals surface area (Å²) in [7, 11) is 6.65. The monoisotopic (exact) mass is 427 g/mol. The van der Waals surface area contributed by atoms with Gasteiger partial charge in [-0.3, -0.25) is 4.79 Å². The van der Waals surface area contributed by atoms with Crippen molar-refractivity contribution in [3.05, 3.63) is 54.4 Å². The van der Waals surface area contributed by atoms with E-state index < -0.39 is 0 Å². The van der Waals surface area contributed by atoms with Gasteiger partial charge in [0.05, 0.1) is 27.0 Å². The van der Waals surface area contributed by atoms with Gasteiger partial charge in [0.2, 0.25) is 11.7 Å². The van der Waals surface area contributed by atoms with Gasteiger partial charge in [-0.15, -0.1) is 0 Å². The minimum Gasteiger partial charge on any atom is -0.493 e. The third kappa shape index (κ3) is 4.88. The van der Waals surface area contributed by atoms with Crippen LogP contribution in [-0.4, -0.2) is 36.8 Å². The third-order valence-electron chi connectivity index (χ3n) is 4.55. The largest absolute Gasteiger partial charge is 0.493 e. The van der Waals surface area contributed by atoms with Crippen LogP contribution >= 0.6 is 11.8 Å². The lowest BCUT2D eigenvalue weighted by atomic mass is 10.1. The molecule has 0 spiro atoms. The normalized spacial score (nSPS) is 10.5. The average Bonchev–Trinajstić information content (AvgIpc) is 3.17. The van der Waals surface area contributed by atoms with Crippen molar-refractivity contribution in [2.45, 2.75) is 22.9 Å². The van der Waals surface area contributed by atoms with Gasteiger partial charge < -0.3 is 24.1 Å². The van der Waals surface area contributed by atoms with Crippen molar-refractivity contribution in [2.75, 3.05) is 26.6 Å². The van der Waals surface area contributed by atoms with Gasteiger partial charge in [-0.2, -0.15) is 0 Å². The number of carbonyl (C=O) groups excluding carboxylic acids is 1. The molecule has 3 rings (SSSR count). The number of nitrogens with zero attached hydrogens (tertiary/aromatic N) is 2. The van der Waals surface area contributed by atoms with E-state index in [4.69, 9.17) is 14.2 Å². The molecule has 0 bridgehead atoms. The zero-order valence-electron chi connectivity index (χ0n) is 17.5. The van der Waals surface area contributed by atoms with Crippen LogP contribution in [0.25, 0.3) is 0 Å². The minimum atomic E-state index is -0.0836. The average molecular weight is 428 g/mol. The molecule has 1 heterocycles. The van der Waals surface area contributed by atoms with Gasteiger partial charge >= 0.3 is 0 Å². The van der Waals surface area contributed by atoms with Gasteiger partial charge in [-0.1, -0.05) is 18.2 Å². The fourth-order valence-corrected chi connectivity index (χ4v) is 3.92. The molecule has 0 aliphatic heterocycles. The van der Waals surface area contributed by atoms with Gasteiger partial charge in [0.25, 0.3) is 0 Å². The smallest absolute Gasteiger partial charge is 0.224 e. The highest BCUT2D eigenvalue weighted by Gasteiger charge is 2.17. The van der Waals surface area contributed by atoms with Gasteiger partial charge in [0.15, 0.2) is 16.7 Å². The van der Waals surface area contributed by atoms with Gasteiger partial charge in [-0.25, -0.2) is 4.98 Å². The van der Waals surface area contributed by atoms with E-state index in [0.717, 1.165) is 21.3 Å². The van der Waals surface area contributed by atoms with Crippen LogP contribution in [0, 0.1) is 0 Å². The van der Waals surface area contributed by atoms with Crippen LogP contribution in [0.15, 0.2) is 58.8 Å². The van der Waals surface area contributed by atoms with Gasteiger partial charge in [0, 0.05) is 30.8 Å². The molecule has 8 heteroatoms. The minimum absolute atomic E-state index is 0.0836. The zero-order chi connectivity index (χ0) is 21.5. The van der Waals surface area contributed by atoms with E-state index in [0.29, 0.717) is 30.1 Å². The molecule has 0 atom stereocenters. The molecule has 3 aromatic rings. The number of carbonyl (C=O) groups is 1. The topological polar surface area (TPSA) is 74.6 Å². The Bertz CT molecular complexity index is 1020. The quantitative estimate of drug-likeness (QED) is 0.553. The van der Waals surface area contributed by atoms with E-state index in [-0.39, 0.29) is 5.91 Å². The number of rotatable bonds is 9. The summed E-state index contributed by atoms with van der Waals surface area (Å²) in [5.74, 6) is 1.60. The van der Waals surface area contributed by atoms with Crippen LogP contribution in [0.4, 0.5) is 5.69 Å². The number of methoxy groups -OCH3 is 3. The maximum atomic E-state index is 12.6. The highest BCUT2D eigenvalue weighted by Crippen LogP contribution is 2.40. The summed E-state index contributed by atoms with van der Waals surface area (Å²) >= 11 is 1.51. The fraction of sp³-hybridized carbons (Fsp3) is 0.273. The SMILES string of the molecule is COc1ccc(CCC(=O)Nc2ccccc2Sc2nccn2C)c(OC)c1OC. The van der Waals surface area contributed by atoms with Crippen LogP contribution in [0.1, 0.15) is 12.0 Å². The van der Waals surface area contributed by atoms with Crippen LogP contribution in [-0.2, 0) is 18.3 Å². The predicted molar refractivity (Wildman–Crippen MR) is 117 cm³/mol. The molecular formula is C22H25N3O4S. The first kappa shape index (κ1) is 21.6. The summed E-state index contributed by atoms with van der Waals surface area (Å²) in [6, 6.07) is 11.4. The molecule has 2 aromatic carbocycles. The number of benzene rings is 2. The van der Waals surface area contributed by atoms with Crippen molar-refractivity contribution in [1.29, 1.82) is 0 Å². The molecule has 1 N–H and O–H groups in total. The van der Waals surface area contributed by atoms with Crippen LogP contribution in [0.3, 0.4) is 0 Å².